The predicted octanol–water partition coefficient (Wildman–Crippen LogP) is 4.16. The maximum Gasteiger partial charge on any atom is 2.00 e. The van der Waals surface area contributed by atoms with E-state index in [0.29, 0.717) is 0 Å². The van der Waals surface area contributed by atoms with E-state index in [4.69, 9.17) is 0 Å². The molecule has 0 radical (unpaired) electrons. The van der Waals surface area contributed by atoms with Gasteiger partial charge in [0.1, 0.15) is 0 Å². The van der Waals surface area contributed by atoms with Crippen molar-refractivity contribution in [2.24, 2.45) is 0 Å². The zero-order valence-corrected chi connectivity index (χ0v) is 12.4. The Morgan fingerprint density at radius 1 is 1.46 bits per heavy atom. The van der Waals surface area contributed by atoms with Gasteiger partial charge < -0.3 is 6.92 Å². The Hall–Kier alpha value is 0.943. The van der Waals surface area contributed by atoms with E-state index < -0.39 is 0 Å². The summed E-state index contributed by atoms with van der Waals surface area (Å²) in [6.07, 6.45) is 10.6. The maximum atomic E-state index is 3.60. The smallest absolute Gasteiger partial charge is 0.343 e. The van der Waals surface area contributed by atoms with Crippen LogP contribution in [0.15, 0.2) is 17.7 Å². The van der Waals surface area contributed by atoms with Crippen LogP contribution in [-0.2, 0) is 26.2 Å². The first kappa shape index (κ1) is 23.6. The van der Waals surface area contributed by atoms with E-state index in [2.05, 4.69) is 39.0 Å². The van der Waals surface area contributed by atoms with Gasteiger partial charge in [0, 0.05) is 0 Å². The van der Waals surface area contributed by atoms with Gasteiger partial charge >= 0.3 is 26.2 Å². The minimum Gasteiger partial charge on any atom is -0.343 e. The van der Waals surface area contributed by atoms with E-state index in [1.807, 2.05) is 0 Å². The molecule has 3 heteroatoms. The number of hydrogen-bond acceptors (Lipinski definition) is 0. The molecule has 1 aliphatic carbocycles. The average molecular weight is 300 g/mol. The minimum atomic E-state index is 0. The second-order valence-electron chi connectivity index (χ2n) is 2.32. The van der Waals surface area contributed by atoms with Crippen LogP contribution >= 0.6 is 24.8 Å². The molecular formula is C10H18Cl2Zr. The van der Waals surface area contributed by atoms with Crippen LogP contribution in [0.5, 0.6) is 0 Å². The molecule has 0 fully saturated rings. The Bertz CT molecular complexity index is 126. The first-order valence-corrected chi connectivity index (χ1v) is 3.84. The first-order chi connectivity index (χ1) is 4.81. The molecule has 0 unspecified atom stereocenters. The number of hydrogen-bond donors (Lipinski definition) is 0. The van der Waals surface area contributed by atoms with Gasteiger partial charge in [-0.2, -0.15) is 12.5 Å². The normalized spacial score (nSPS) is 10.8. The van der Waals surface area contributed by atoms with Crippen LogP contribution in [0.4, 0.5) is 0 Å². The molecule has 0 spiro atoms. The third-order valence-corrected chi connectivity index (χ3v) is 1.22. The number of unbranched alkanes of at least 4 members (excludes halogenated alkanes) is 1. The Labute approximate surface area is 114 Å². The third kappa shape index (κ3) is 19.4. The molecule has 0 aromatic heterocycles. The van der Waals surface area contributed by atoms with Gasteiger partial charge in [-0.05, 0) is 0 Å². The van der Waals surface area contributed by atoms with Gasteiger partial charge in [-0.3, -0.25) is 6.08 Å². The molecule has 0 amide bonds. The minimum absolute atomic E-state index is 0. The fourth-order valence-corrected chi connectivity index (χ4v) is 0.515. The summed E-state index contributed by atoms with van der Waals surface area (Å²) < 4.78 is 0. The molecular weight excluding hydrogens is 282 g/mol. The molecule has 0 saturated carbocycles. The standard InChI is InChI=1S/C6H7.C4H9.2ClH.Zr/c1-6-4-2-3-5-6;1-3-4-2;;;/h2,4H,3H2,1H3;1,3-4H2,2H3;2*1H;/q2*-1;;;+2. The largest absolute Gasteiger partial charge is 2.00 e. The van der Waals surface area contributed by atoms with Gasteiger partial charge in [0.25, 0.3) is 0 Å². The van der Waals surface area contributed by atoms with Gasteiger partial charge in [0.15, 0.2) is 0 Å². The van der Waals surface area contributed by atoms with Crippen molar-refractivity contribution < 1.29 is 26.2 Å². The molecule has 0 atom stereocenters. The summed E-state index contributed by atoms with van der Waals surface area (Å²) in [4.78, 5) is 0. The van der Waals surface area contributed by atoms with Gasteiger partial charge in [-0.15, -0.1) is 31.2 Å². The Morgan fingerprint density at radius 3 is 2.00 bits per heavy atom. The van der Waals surface area contributed by atoms with Crippen LogP contribution in [0.1, 0.15) is 33.1 Å². The first-order valence-electron chi connectivity index (χ1n) is 3.84. The maximum absolute atomic E-state index is 3.60. The van der Waals surface area contributed by atoms with E-state index in [1.165, 1.54) is 12.0 Å². The van der Waals surface area contributed by atoms with Gasteiger partial charge in [0.05, 0.1) is 0 Å². The van der Waals surface area contributed by atoms with Crippen LogP contribution in [0, 0.1) is 13.0 Å². The second kappa shape index (κ2) is 18.7. The second-order valence-corrected chi connectivity index (χ2v) is 2.32. The summed E-state index contributed by atoms with van der Waals surface area (Å²) in [6, 6.07) is 0. The summed E-state index contributed by atoms with van der Waals surface area (Å²) >= 11 is 0. The molecule has 0 nitrogen and oxygen atoms in total. The monoisotopic (exact) mass is 298 g/mol. The molecule has 0 heterocycles. The fourth-order valence-electron chi connectivity index (χ4n) is 0.515. The Morgan fingerprint density at radius 2 is 1.92 bits per heavy atom. The van der Waals surface area contributed by atoms with E-state index >= 15 is 0 Å². The molecule has 1 aliphatic rings. The molecule has 0 aromatic carbocycles. The molecule has 0 aromatic rings. The fraction of sp³-hybridized carbons (Fsp3) is 0.500. The third-order valence-electron chi connectivity index (χ3n) is 1.22. The predicted molar refractivity (Wildman–Crippen MR) is 60.9 cm³/mol. The van der Waals surface area contributed by atoms with Crippen molar-refractivity contribution in [2.45, 2.75) is 33.1 Å². The molecule has 0 bridgehead atoms. The summed E-state index contributed by atoms with van der Waals surface area (Å²) in [5.41, 5.74) is 1.27. The molecule has 13 heavy (non-hydrogen) atoms. The van der Waals surface area contributed by atoms with Gasteiger partial charge in [-0.1, -0.05) is 20.3 Å². The van der Waals surface area contributed by atoms with Crippen LogP contribution < -0.4 is 0 Å². The summed E-state index contributed by atoms with van der Waals surface area (Å²) in [5.74, 6) is 0. The average Bonchev–Trinajstić information content (AvgIpc) is 2.40. The van der Waals surface area contributed by atoms with Crippen LogP contribution in [0.2, 0.25) is 0 Å². The molecule has 0 saturated heterocycles. The SMILES string of the molecule is CC1=[C-]CC=C1.Cl.Cl.[CH2-]CCC.[Zr+2]. The van der Waals surface area contributed by atoms with Crippen molar-refractivity contribution in [3.63, 3.8) is 0 Å². The van der Waals surface area contributed by atoms with E-state index in [9.17, 15) is 0 Å². The Balaban J connectivity index is -0.0000000536. The summed E-state index contributed by atoms with van der Waals surface area (Å²) in [6.45, 7) is 7.78. The van der Waals surface area contributed by atoms with Crippen LogP contribution in [0.25, 0.3) is 0 Å². The topological polar surface area (TPSA) is 0 Å². The van der Waals surface area contributed by atoms with Crippen molar-refractivity contribution in [1.82, 2.24) is 0 Å². The van der Waals surface area contributed by atoms with Crippen LogP contribution in [0.3, 0.4) is 0 Å². The van der Waals surface area contributed by atoms with Crippen molar-refractivity contribution in [3.8, 4) is 0 Å². The molecule has 0 N–H and O–H groups in total. The number of allylic oxidation sites excluding steroid dienone is 4. The van der Waals surface area contributed by atoms with Crippen molar-refractivity contribution >= 4 is 24.8 Å². The van der Waals surface area contributed by atoms with E-state index in [1.54, 1.807) is 0 Å². The van der Waals surface area contributed by atoms with Crippen molar-refractivity contribution in [2.75, 3.05) is 0 Å². The quantitative estimate of drug-likeness (QED) is 0.638. The van der Waals surface area contributed by atoms with E-state index in [0.717, 1.165) is 12.8 Å². The van der Waals surface area contributed by atoms with Crippen LogP contribution in [-0.4, -0.2) is 0 Å². The summed E-state index contributed by atoms with van der Waals surface area (Å²) in [5, 5.41) is 0. The zero-order valence-electron chi connectivity index (χ0n) is 8.30. The number of rotatable bonds is 1. The molecule has 76 valence electrons. The summed E-state index contributed by atoms with van der Waals surface area (Å²) in [7, 11) is 0. The molecule has 1 rings (SSSR count). The zero-order chi connectivity index (χ0) is 7.82. The number of halogens is 2. The van der Waals surface area contributed by atoms with E-state index in [-0.39, 0.29) is 51.0 Å². The van der Waals surface area contributed by atoms with Gasteiger partial charge in [0.2, 0.25) is 0 Å². The van der Waals surface area contributed by atoms with Gasteiger partial charge in [-0.25, -0.2) is 11.6 Å². The Kier molecular flexibility index (Phi) is 33.9. The van der Waals surface area contributed by atoms with Crippen molar-refractivity contribution in [3.05, 3.63) is 30.7 Å². The molecule has 0 aliphatic heterocycles. The van der Waals surface area contributed by atoms with Crippen molar-refractivity contribution in [1.29, 1.82) is 0 Å².